The summed E-state index contributed by atoms with van der Waals surface area (Å²) >= 11 is 0. The number of benzene rings is 3. The van der Waals surface area contributed by atoms with Crippen LogP contribution in [0.3, 0.4) is 0 Å². The van der Waals surface area contributed by atoms with Crippen LogP contribution in [-0.2, 0) is 14.3 Å². The topological polar surface area (TPSA) is 99.3 Å². The van der Waals surface area contributed by atoms with Gasteiger partial charge in [0.2, 0.25) is 11.8 Å². The number of nitrogens with zero attached hydrogens (tertiary/aromatic N) is 3. The summed E-state index contributed by atoms with van der Waals surface area (Å²) in [6.07, 6.45) is 5.07. The van der Waals surface area contributed by atoms with E-state index in [0.717, 1.165) is 55.5 Å². The fraction of sp³-hybridized carbons (Fsp3) is 0.353. The number of hydrazine groups is 1. The summed E-state index contributed by atoms with van der Waals surface area (Å²) in [4.78, 5) is 50.8. The van der Waals surface area contributed by atoms with Gasteiger partial charge in [-0.1, -0.05) is 55.0 Å². The van der Waals surface area contributed by atoms with Crippen LogP contribution in [0.15, 0.2) is 78.9 Å². The zero-order chi connectivity index (χ0) is 30.4. The number of para-hydroxylation sites is 1. The number of unbranched alkanes of at least 4 members (excludes halogenated alkanes) is 1. The van der Waals surface area contributed by atoms with Gasteiger partial charge in [0.25, 0.3) is 0 Å². The Morgan fingerprint density at radius 3 is 2.28 bits per heavy atom. The minimum absolute atomic E-state index is 0.0227. The van der Waals surface area contributed by atoms with Crippen molar-refractivity contribution < 1.29 is 23.9 Å². The Labute approximate surface area is 253 Å². The van der Waals surface area contributed by atoms with Crippen molar-refractivity contribution in [3.63, 3.8) is 0 Å². The number of piperidine rings is 1. The number of carbonyl (C=O) groups excluding carboxylic acids is 4. The summed E-state index contributed by atoms with van der Waals surface area (Å²) in [7, 11) is 1.72. The number of hydrogen-bond donors (Lipinski definition) is 1. The second-order valence-electron chi connectivity index (χ2n) is 10.6. The lowest BCUT2D eigenvalue weighted by molar-refractivity contribution is -0.130. The van der Waals surface area contributed by atoms with Gasteiger partial charge in [0.15, 0.2) is 0 Å². The fourth-order valence-corrected chi connectivity index (χ4v) is 5.07. The molecule has 0 aromatic heterocycles. The Morgan fingerprint density at radius 1 is 0.860 bits per heavy atom. The highest BCUT2D eigenvalue weighted by molar-refractivity contribution is 5.93. The van der Waals surface area contributed by atoms with E-state index in [9.17, 15) is 19.2 Å². The average molecular weight is 585 g/mol. The number of carbonyl (C=O) groups is 4. The molecule has 1 heterocycles. The Bertz CT molecular complexity index is 1360. The van der Waals surface area contributed by atoms with Crippen molar-refractivity contribution in [1.29, 1.82) is 0 Å². The van der Waals surface area contributed by atoms with Gasteiger partial charge >= 0.3 is 6.09 Å². The Kier molecular flexibility index (Phi) is 11.9. The Balaban J connectivity index is 1.25. The maximum Gasteiger partial charge on any atom is 0.429 e. The van der Waals surface area contributed by atoms with Crippen LogP contribution < -0.4 is 10.3 Å². The lowest BCUT2D eigenvalue weighted by atomic mass is 10.0. The van der Waals surface area contributed by atoms with Gasteiger partial charge < -0.3 is 15.0 Å². The highest BCUT2D eigenvalue weighted by atomic mass is 16.6. The second-order valence-corrected chi connectivity index (χ2v) is 10.6. The average Bonchev–Trinajstić information content (AvgIpc) is 3.04. The van der Waals surface area contributed by atoms with Gasteiger partial charge in [-0.25, -0.2) is 14.8 Å². The minimum Gasteiger partial charge on any atom is -0.448 e. The maximum atomic E-state index is 13.5. The summed E-state index contributed by atoms with van der Waals surface area (Å²) in [6, 6.07) is 24.4. The second kappa shape index (κ2) is 16.2. The quantitative estimate of drug-likeness (QED) is 0.191. The van der Waals surface area contributed by atoms with Gasteiger partial charge in [-0.3, -0.25) is 14.4 Å². The van der Waals surface area contributed by atoms with E-state index in [2.05, 4.69) is 5.32 Å². The van der Waals surface area contributed by atoms with Gasteiger partial charge in [-0.2, -0.15) is 0 Å². The number of hydrogen-bond acceptors (Lipinski definition) is 6. The van der Waals surface area contributed by atoms with Gasteiger partial charge in [0.05, 0.1) is 12.1 Å². The van der Waals surface area contributed by atoms with Crippen LogP contribution in [0.5, 0.6) is 0 Å². The first-order chi connectivity index (χ1) is 21.0. The molecule has 3 aromatic rings. The van der Waals surface area contributed by atoms with Crippen LogP contribution in [-0.4, -0.2) is 67.4 Å². The van der Waals surface area contributed by atoms with Crippen molar-refractivity contribution in [3.05, 3.63) is 84.4 Å². The number of aldehydes is 1. The smallest absolute Gasteiger partial charge is 0.429 e. The number of rotatable bonds is 13. The molecule has 0 radical (unpaired) electrons. The molecule has 0 saturated carbocycles. The molecule has 9 nitrogen and oxygen atoms in total. The van der Waals surface area contributed by atoms with Crippen molar-refractivity contribution in [2.24, 2.45) is 0 Å². The van der Waals surface area contributed by atoms with E-state index in [-0.39, 0.29) is 24.8 Å². The molecule has 1 aliphatic heterocycles. The van der Waals surface area contributed by atoms with Crippen molar-refractivity contribution in [2.75, 3.05) is 43.6 Å². The van der Waals surface area contributed by atoms with Gasteiger partial charge in [0.1, 0.15) is 12.9 Å². The van der Waals surface area contributed by atoms with Crippen LogP contribution >= 0.6 is 0 Å². The highest BCUT2D eigenvalue weighted by Crippen LogP contribution is 2.33. The van der Waals surface area contributed by atoms with Crippen molar-refractivity contribution >= 4 is 35.6 Å². The molecule has 1 aliphatic rings. The molecule has 9 heteroatoms. The van der Waals surface area contributed by atoms with E-state index < -0.39 is 6.09 Å². The standard InChI is InChI=1S/C34H40N4O5/c1-36(22-11-8-16-32(40)35-29-19-17-27(26-39)18-20-29)33(41)21-25-43-34(42)38(37-23-9-3-10-24-37)31-15-7-6-14-30(31)28-12-4-2-5-13-28/h2,4-7,12-15,17-20,26H,3,8-11,16,21-25H2,1H3,(H,35,40). The molecule has 4 rings (SSSR count). The van der Waals surface area contributed by atoms with E-state index in [1.807, 2.05) is 59.6 Å². The molecule has 3 aromatic carbocycles. The maximum absolute atomic E-state index is 13.5. The first-order valence-electron chi connectivity index (χ1n) is 14.9. The fourth-order valence-electron chi connectivity index (χ4n) is 5.07. The summed E-state index contributed by atoms with van der Waals surface area (Å²) in [5.74, 6) is -0.242. The predicted molar refractivity (Wildman–Crippen MR) is 168 cm³/mol. The third-order valence-electron chi connectivity index (χ3n) is 7.45. The third kappa shape index (κ3) is 9.24. The van der Waals surface area contributed by atoms with Gasteiger partial charge in [-0.15, -0.1) is 0 Å². The van der Waals surface area contributed by atoms with E-state index in [0.29, 0.717) is 37.1 Å². The molecule has 0 unspecified atom stereocenters. The highest BCUT2D eigenvalue weighted by Gasteiger charge is 2.28. The zero-order valence-electron chi connectivity index (χ0n) is 24.7. The predicted octanol–water partition coefficient (Wildman–Crippen LogP) is 6.17. The van der Waals surface area contributed by atoms with Crippen LogP contribution in [0, 0.1) is 0 Å². The zero-order valence-corrected chi connectivity index (χ0v) is 24.7. The molecule has 1 saturated heterocycles. The lowest BCUT2D eigenvalue weighted by Crippen LogP contribution is -2.49. The summed E-state index contributed by atoms with van der Waals surface area (Å²) in [5.41, 5.74) is 3.89. The summed E-state index contributed by atoms with van der Waals surface area (Å²) < 4.78 is 5.68. The van der Waals surface area contributed by atoms with Crippen LogP contribution in [0.2, 0.25) is 0 Å². The molecule has 43 heavy (non-hydrogen) atoms. The van der Waals surface area contributed by atoms with Crippen molar-refractivity contribution in [1.82, 2.24) is 9.91 Å². The van der Waals surface area contributed by atoms with Gasteiger partial charge in [0, 0.05) is 49.9 Å². The van der Waals surface area contributed by atoms with Crippen LogP contribution in [0.25, 0.3) is 11.1 Å². The van der Waals surface area contributed by atoms with Crippen LogP contribution in [0.4, 0.5) is 16.2 Å². The van der Waals surface area contributed by atoms with Crippen molar-refractivity contribution in [2.45, 2.75) is 44.9 Å². The van der Waals surface area contributed by atoms with Crippen LogP contribution in [0.1, 0.15) is 55.3 Å². The van der Waals surface area contributed by atoms with E-state index in [1.165, 1.54) is 0 Å². The summed E-state index contributed by atoms with van der Waals surface area (Å²) in [5, 5.41) is 6.48. The van der Waals surface area contributed by atoms with E-state index in [1.54, 1.807) is 41.2 Å². The molecule has 1 fully saturated rings. The number of amides is 3. The molecule has 226 valence electrons. The normalized spacial score (nSPS) is 13.1. The van der Waals surface area contributed by atoms with E-state index in [4.69, 9.17) is 4.74 Å². The first kappa shape index (κ1) is 31.4. The lowest BCUT2D eigenvalue weighted by Gasteiger charge is -2.37. The molecule has 3 amide bonds. The van der Waals surface area contributed by atoms with Gasteiger partial charge in [-0.05, 0) is 61.6 Å². The molecule has 0 atom stereocenters. The number of ether oxygens (including phenoxy) is 1. The van der Waals surface area contributed by atoms with E-state index >= 15 is 0 Å². The third-order valence-corrected chi connectivity index (χ3v) is 7.45. The largest absolute Gasteiger partial charge is 0.448 e. The minimum atomic E-state index is -0.493. The molecular formula is C34H40N4O5. The molecular weight excluding hydrogens is 544 g/mol. The Morgan fingerprint density at radius 2 is 1.56 bits per heavy atom. The first-order valence-corrected chi connectivity index (χ1v) is 14.9. The summed E-state index contributed by atoms with van der Waals surface area (Å²) in [6.45, 7) is 1.98. The SMILES string of the molecule is CN(CCCCC(=O)Nc1ccc(C=O)cc1)C(=O)CCOC(=O)N(c1ccccc1-c1ccccc1)N1CCCCC1. The monoisotopic (exact) mass is 584 g/mol. The van der Waals surface area contributed by atoms with Crippen molar-refractivity contribution in [3.8, 4) is 11.1 Å². The molecule has 0 bridgehead atoms. The number of nitrogens with one attached hydrogen (secondary N) is 1. The molecule has 0 aliphatic carbocycles. The Hall–Kier alpha value is -4.50. The molecule has 0 spiro atoms. The molecule has 1 N–H and O–H groups in total. The number of anilines is 2.